The standard InChI is InChI=1S/C19H19NO3S2/c1-12(18(22)23)15-3-2-4-16(11-15)20-17(21)13-5-7-14(8-6-13)19-24-9-10-25-19/h2-8,11-12,19H,9-10H2,1H3,(H,20,21)(H,22,23). The van der Waals surface area contributed by atoms with Crippen LogP contribution in [0.4, 0.5) is 5.69 Å². The Kier molecular flexibility index (Phi) is 5.71. The third-order valence-corrected chi connectivity index (χ3v) is 7.19. The van der Waals surface area contributed by atoms with Crippen LogP contribution in [0.1, 0.15) is 38.9 Å². The molecule has 0 spiro atoms. The molecule has 0 saturated carbocycles. The smallest absolute Gasteiger partial charge is 0.310 e. The van der Waals surface area contributed by atoms with Crippen molar-refractivity contribution in [1.29, 1.82) is 0 Å². The summed E-state index contributed by atoms with van der Waals surface area (Å²) >= 11 is 3.87. The number of carboxylic acids is 1. The summed E-state index contributed by atoms with van der Waals surface area (Å²) in [7, 11) is 0. The minimum absolute atomic E-state index is 0.196. The summed E-state index contributed by atoms with van der Waals surface area (Å²) in [6.45, 7) is 1.63. The average molecular weight is 373 g/mol. The highest BCUT2D eigenvalue weighted by Gasteiger charge is 2.18. The van der Waals surface area contributed by atoms with Crippen molar-refractivity contribution >= 4 is 41.1 Å². The quantitative estimate of drug-likeness (QED) is 0.801. The number of carboxylic acid groups (broad SMARTS) is 1. The molecular formula is C19H19NO3S2. The fourth-order valence-electron chi connectivity index (χ4n) is 2.57. The summed E-state index contributed by atoms with van der Waals surface area (Å²) in [5.74, 6) is 0.642. The lowest BCUT2D eigenvalue weighted by atomic mass is 10.0. The van der Waals surface area contributed by atoms with E-state index in [-0.39, 0.29) is 5.91 Å². The molecule has 4 nitrogen and oxygen atoms in total. The molecule has 1 amide bonds. The summed E-state index contributed by atoms with van der Waals surface area (Å²) in [6, 6.07) is 14.7. The van der Waals surface area contributed by atoms with E-state index in [0.717, 1.165) is 0 Å². The number of anilines is 1. The highest BCUT2D eigenvalue weighted by molar-refractivity contribution is 8.19. The summed E-state index contributed by atoms with van der Waals surface area (Å²) in [6.07, 6.45) is 0. The Labute approximate surface area is 155 Å². The number of aliphatic carboxylic acids is 1. The van der Waals surface area contributed by atoms with E-state index in [1.807, 2.05) is 47.8 Å². The van der Waals surface area contributed by atoms with Crippen molar-refractivity contribution in [2.24, 2.45) is 0 Å². The highest BCUT2D eigenvalue weighted by Crippen LogP contribution is 2.45. The molecule has 1 aliphatic heterocycles. The first kappa shape index (κ1) is 17.9. The monoisotopic (exact) mass is 373 g/mol. The van der Waals surface area contributed by atoms with Crippen molar-refractivity contribution in [2.75, 3.05) is 16.8 Å². The molecule has 6 heteroatoms. The zero-order chi connectivity index (χ0) is 17.8. The predicted molar refractivity (Wildman–Crippen MR) is 105 cm³/mol. The van der Waals surface area contributed by atoms with Crippen LogP contribution in [0.2, 0.25) is 0 Å². The number of carbonyl (C=O) groups excluding carboxylic acids is 1. The van der Waals surface area contributed by atoms with Gasteiger partial charge in [-0.05, 0) is 42.3 Å². The van der Waals surface area contributed by atoms with Gasteiger partial charge in [0.25, 0.3) is 5.91 Å². The molecule has 130 valence electrons. The Bertz CT molecular complexity index is 770. The zero-order valence-electron chi connectivity index (χ0n) is 13.8. The van der Waals surface area contributed by atoms with Crippen LogP contribution in [-0.2, 0) is 4.79 Å². The molecule has 2 aromatic carbocycles. The van der Waals surface area contributed by atoms with Crippen molar-refractivity contribution in [3.8, 4) is 0 Å². The summed E-state index contributed by atoms with van der Waals surface area (Å²) < 4.78 is 0.464. The van der Waals surface area contributed by atoms with Crippen LogP contribution in [0.3, 0.4) is 0 Å². The SMILES string of the molecule is CC(C(=O)O)c1cccc(NC(=O)c2ccc(C3SCCS3)cc2)c1. The fraction of sp³-hybridized carbons (Fsp3) is 0.263. The first-order chi connectivity index (χ1) is 12.0. The molecule has 2 aromatic rings. The zero-order valence-corrected chi connectivity index (χ0v) is 15.4. The lowest BCUT2D eigenvalue weighted by Gasteiger charge is -2.11. The molecule has 1 fully saturated rings. The van der Waals surface area contributed by atoms with Crippen LogP contribution in [0.15, 0.2) is 48.5 Å². The van der Waals surface area contributed by atoms with Crippen LogP contribution in [-0.4, -0.2) is 28.5 Å². The van der Waals surface area contributed by atoms with E-state index in [4.69, 9.17) is 5.11 Å². The Morgan fingerprint density at radius 2 is 1.80 bits per heavy atom. The van der Waals surface area contributed by atoms with Gasteiger partial charge >= 0.3 is 5.97 Å². The first-order valence-corrected chi connectivity index (χ1v) is 10.1. The van der Waals surface area contributed by atoms with Gasteiger partial charge in [0, 0.05) is 22.8 Å². The van der Waals surface area contributed by atoms with Gasteiger partial charge in [-0.3, -0.25) is 9.59 Å². The second-order valence-electron chi connectivity index (χ2n) is 5.84. The maximum absolute atomic E-state index is 12.4. The number of amides is 1. The van der Waals surface area contributed by atoms with Gasteiger partial charge in [-0.2, -0.15) is 0 Å². The molecule has 1 unspecified atom stereocenters. The summed E-state index contributed by atoms with van der Waals surface area (Å²) in [5, 5.41) is 12.0. The van der Waals surface area contributed by atoms with Crippen LogP contribution >= 0.6 is 23.5 Å². The lowest BCUT2D eigenvalue weighted by molar-refractivity contribution is -0.138. The third-order valence-electron chi connectivity index (χ3n) is 4.08. The molecule has 1 atom stereocenters. The lowest BCUT2D eigenvalue weighted by Crippen LogP contribution is -2.13. The van der Waals surface area contributed by atoms with Gasteiger partial charge < -0.3 is 10.4 Å². The van der Waals surface area contributed by atoms with Crippen molar-refractivity contribution in [2.45, 2.75) is 17.4 Å². The van der Waals surface area contributed by atoms with E-state index in [1.54, 1.807) is 31.2 Å². The van der Waals surface area contributed by atoms with Crippen molar-refractivity contribution in [3.05, 3.63) is 65.2 Å². The molecular weight excluding hydrogens is 354 g/mol. The van der Waals surface area contributed by atoms with E-state index < -0.39 is 11.9 Å². The number of carbonyl (C=O) groups is 2. The normalized spacial score (nSPS) is 15.7. The largest absolute Gasteiger partial charge is 0.481 e. The molecule has 3 rings (SSSR count). The Morgan fingerprint density at radius 1 is 1.12 bits per heavy atom. The van der Waals surface area contributed by atoms with E-state index in [9.17, 15) is 9.59 Å². The average Bonchev–Trinajstić information content (AvgIpc) is 3.16. The Balaban J connectivity index is 1.69. The van der Waals surface area contributed by atoms with Gasteiger partial charge in [0.05, 0.1) is 10.5 Å². The second kappa shape index (κ2) is 7.97. The number of benzene rings is 2. The van der Waals surface area contributed by atoms with Gasteiger partial charge in [-0.25, -0.2) is 0 Å². The maximum atomic E-state index is 12.4. The minimum Gasteiger partial charge on any atom is -0.481 e. The van der Waals surface area contributed by atoms with Gasteiger partial charge in [0.15, 0.2) is 0 Å². The van der Waals surface area contributed by atoms with Crippen LogP contribution in [0.5, 0.6) is 0 Å². The van der Waals surface area contributed by atoms with E-state index in [0.29, 0.717) is 21.4 Å². The van der Waals surface area contributed by atoms with Crippen molar-refractivity contribution < 1.29 is 14.7 Å². The topological polar surface area (TPSA) is 66.4 Å². The van der Waals surface area contributed by atoms with Crippen LogP contribution in [0.25, 0.3) is 0 Å². The predicted octanol–water partition coefficient (Wildman–Crippen LogP) is 4.61. The molecule has 0 radical (unpaired) electrons. The van der Waals surface area contributed by atoms with Gasteiger partial charge in [-0.15, -0.1) is 23.5 Å². The summed E-state index contributed by atoms with van der Waals surface area (Å²) in [5.41, 5.74) is 3.09. The van der Waals surface area contributed by atoms with Gasteiger partial charge in [0.2, 0.25) is 0 Å². The molecule has 0 aliphatic carbocycles. The van der Waals surface area contributed by atoms with Gasteiger partial charge in [0.1, 0.15) is 0 Å². The Hall–Kier alpha value is -1.92. The van der Waals surface area contributed by atoms with E-state index >= 15 is 0 Å². The minimum atomic E-state index is -0.887. The molecule has 2 N–H and O–H groups in total. The number of rotatable bonds is 5. The van der Waals surface area contributed by atoms with Crippen LogP contribution in [0, 0.1) is 0 Å². The highest BCUT2D eigenvalue weighted by atomic mass is 32.2. The first-order valence-electron chi connectivity index (χ1n) is 8.02. The molecule has 0 bridgehead atoms. The number of nitrogens with one attached hydrogen (secondary N) is 1. The van der Waals surface area contributed by atoms with E-state index in [2.05, 4.69) is 5.32 Å². The number of hydrogen-bond donors (Lipinski definition) is 2. The van der Waals surface area contributed by atoms with Crippen molar-refractivity contribution in [3.63, 3.8) is 0 Å². The van der Waals surface area contributed by atoms with E-state index in [1.165, 1.54) is 17.1 Å². The third kappa shape index (κ3) is 4.38. The molecule has 1 aliphatic rings. The van der Waals surface area contributed by atoms with Crippen LogP contribution < -0.4 is 5.32 Å². The summed E-state index contributed by atoms with van der Waals surface area (Å²) in [4.78, 5) is 23.5. The van der Waals surface area contributed by atoms with Gasteiger partial charge in [-0.1, -0.05) is 24.3 Å². The Morgan fingerprint density at radius 3 is 2.44 bits per heavy atom. The molecule has 25 heavy (non-hydrogen) atoms. The second-order valence-corrected chi connectivity index (χ2v) is 8.56. The maximum Gasteiger partial charge on any atom is 0.310 e. The number of hydrogen-bond acceptors (Lipinski definition) is 4. The fourth-order valence-corrected chi connectivity index (χ4v) is 5.43. The molecule has 1 heterocycles. The molecule has 0 aromatic heterocycles. The molecule has 1 saturated heterocycles. The van der Waals surface area contributed by atoms with Crippen molar-refractivity contribution in [1.82, 2.24) is 0 Å². The number of thioether (sulfide) groups is 2.